The summed E-state index contributed by atoms with van der Waals surface area (Å²) in [6.07, 6.45) is 1.67. The molecule has 1 unspecified atom stereocenters. The monoisotopic (exact) mass is 428 g/mol. The van der Waals surface area contributed by atoms with Gasteiger partial charge < -0.3 is 19.9 Å². The molecule has 1 aromatic heterocycles. The molecule has 0 saturated carbocycles. The Labute approximate surface area is 186 Å². The molecule has 0 aliphatic heterocycles. The molecule has 0 spiro atoms. The van der Waals surface area contributed by atoms with Crippen molar-refractivity contribution in [3.05, 3.63) is 102 Å². The number of aromatic hydroxyl groups is 1. The van der Waals surface area contributed by atoms with Crippen LogP contribution in [0.15, 0.2) is 85.1 Å². The number of phenolic OH excluding ortho intramolecular Hbond substituents is 1. The van der Waals surface area contributed by atoms with E-state index in [2.05, 4.69) is 10.3 Å². The summed E-state index contributed by atoms with van der Waals surface area (Å²) in [6.45, 7) is 0.564. The Balaban J connectivity index is 1.63. The molecule has 0 radical (unpaired) electrons. The summed E-state index contributed by atoms with van der Waals surface area (Å²) in [5, 5.41) is 15.4. The molecule has 0 fully saturated rings. The van der Waals surface area contributed by atoms with E-state index < -0.39 is 5.97 Å². The van der Waals surface area contributed by atoms with Crippen molar-refractivity contribution < 1.29 is 19.4 Å². The molecule has 4 aromatic rings. The van der Waals surface area contributed by atoms with E-state index in [1.165, 1.54) is 0 Å². The van der Waals surface area contributed by atoms with Gasteiger partial charge in [-0.1, -0.05) is 48.5 Å². The maximum atomic E-state index is 12.1. The van der Waals surface area contributed by atoms with Gasteiger partial charge in [-0.05, 0) is 35.9 Å². The summed E-state index contributed by atoms with van der Waals surface area (Å²) in [7, 11) is 1.56. The number of hydrogen-bond acceptors (Lipinski definition) is 6. The topological polar surface area (TPSA) is 80.7 Å². The predicted octanol–water partition coefficient (Wildman–Crippen LogP) is 4.95. The maximum Gasteiger partial charge on any atom is 0.338 e. The van der Waals surface area contributed by atoms with Crippen LogP contribution in [0.25, 0.3) is 10.9 Å². The third kappa shape index (κ3) is 4.71. The Morgan fingerprint density at radius 2 is 1.75 bits per heavy atom. The number of methoxy groups -OCH3 is 1. The van der Waals surface area contributed by atoms with E-state index in [0.717, 1.165) is 16.6 Å². The molecule has 0 bridgehead atoms. The van der Waals surface area contributed by atoms with Crippen LogP contribution in [0.1, 0.15) is 27.5 Å². The highest BCUT2D eigenvalue weighted by Gasteiger charge is 2.20. The second kappa shape index (κ2) is 9.94. The molecular formula is C26H24N2O4. The molecule has 1 atom stereocenters. The van der Waals surface area contributed by atoms with Gasteiger partial charge in [0, 0.05) is 29.9 Å². The zero-order valence-corrected chi connectivity index (χ0v) is 17.7. The smallest absolute Gasteiger partial charge is 0.338 e. The molecule has 1 heterocycles. The highest BCUT2D eigenvalue weighted by molar-refractivity contribution is 5.90. The number of nitrogens with zero attached hydrogens (tertiary/aromatic N) is 1. The Bertz CT molecular complexity index is 1190. The maximum absolute atomic E-state index is 12.1. The molecule has 32 heavy (non-hydrogen) atoms. The second-order valence-corrected chi connectivity index (χ2v) is 7.27. The van der Waals surface area contributed by atoms with Crippen LogP contribution >= 0.6 is 0 Å². The van der Waals surface area contributed by atoms with Gasteiger partial charge in [-0.15, -0.1) is 0 Å². The largest absolute Gasteiger partial charge is 0.505 e. The van der Waals surface area contributed by atoms with E-state index in [-0.39, 0.29) is 18.4 Å². The number of anilines is 1. The fourth-order valence-corrected chi connectivity index (χ4v) is 3.53. The second-order valence-electron chi connectivity index (χ2n) is 7.27. The van der Waals surface area contributed by atoms with Crippen molar-refractivity contribution in [2.24, 2.45) is 0 Å². The van der Waals surface area contributed by atoms with Gasteiger partial charge in [-0.3, -0.25) is 4.98 Å². The number of nitrogens with one attached hydrogen (secondary N) is 1. The average molecular weight is 428 g/mol. The van der Waals surface area contributed by atoms with Crippen LogP contribution in [0.5, 0.6) is 5.75 Å². The zero-order valence-electron chi connectivity index (χ0n) is 17.7. The SMILES string of the molecule is COCCOC(=O)c1ccc(NC(c2ccccc2)c2ccc3cccnc3c2O)cc1. The summed E-state index contributed by atoms with van der Waals surface area (Å²) in [5.74, 6) is -0.255. The lowest BCUT2D eigenvalue weighted by Crippen LogP contribution is -2.13. The van der Waals surface area contributed by atoms with E-state index in [1.807, 2.05) is 66.7 Å². The quantitative estimate of drug-likeness (QED) is 0.305. The number of benzene rings is 3. The van der Waals surface area contributed by atoms with Gasteiger partial charge in [0.15, 0.2) is 0 Å². The molecule has 3 aromatic carbocycles. The predicted molar refractivity (Wildman–Crippen MR) is 124 cm³/mol. The lowest BCUT2D eigenvalue weighted by Gasteiger charge is -2.22. The number of ether oxygens (including phenoxy) is 2. The number of carbonyl (C=O) groups is 1. The standard InChI is InChI=1S/C26H24N2O4/c1-31-16-17-32-26(30)20-9-12-21(13-10-20)28-23(18-6-3-2-4-7-18)22-14-11-19-8-5-15-27-24(19)25(22)29/h2-15,23,28-29H,16-17H2,1H3. The van der Waals surface area contributed by atoms with Crippen LogP contribution in [-0.4, -0.2) is 36.4 Å². The zero-order chi connectivity index (χ0) is 22.3. The number of aromatic nitrogens is 1. The summed E-state index contributed by atoms with van der Waals surface area (Å²) >= 11 is 0. The van der Waals surface area contributed by atoms with Crippen LogP contribution in [-0.2, 0) is 9.47 Å². The summed E-state index contributed by atoms with van der Waals surface area (Å²) < 4.78 is 10.1. The van der Waals surface area contributed by atoms with E-state index in [4.69, 9.17) is 9.47 Å². The van der Waals surface area contributed by atoms with Crippen molar-refractivity contribution >= 4 is 22.6 Å². The number of rotatable bonds is 8. The average Bonchev–Trinajstić information content (AvgIpc) is 2.84. The number of pyridine rings is 1. The van der Waals surface area contributed by atoms with Gasteiger partial charge in [0.25, 0.3) is 0 Å². The molecular weight excluding hydrogens is 404 g/mol. The summed E-state index contributed by atoms with van der Waals surface area (Å²) in [4.78, 5) is 16.5. The van der Waals surface area contributed by atoms with Crippen LogP contribution in [0.4, 0.5) is 5.69 Å². The lowest BCUT2D eigenvalue weighted by atomic mass is 9.96. The van der Waals surface area contributed by atoms with Gasteiger partial charge in [0.05, 0.1) is 18.2 Å². The molecule has 162 valence electrons. The van der Waals surface area contributed by atoms with E-state index in [0.29, 0.717) is 23.3 Å². The number of phenols is 1. The van der Waals surface area contributed by atoms with Crippen molar-refractivity contribution in [1.29, 1.82) is 0 Å². The van der Waals surface area contributed by atoms with Crippen molar-refractivity contribution in [2.45, 2.75) is 6.04 Å². The Hall–Kier alpha value is -3.90. The number of carbonyl (C=O) groups excluding carboxylic acids is 1. The fourth-order valence-electron chi connectivity index (χ4n) is 3.53. The molecule has 0 saturated heterocycles. The fraction of sp³-hybridized carbons (Fsp3) is 0.154. The van der Waals surface area contributed by atoms with Crippen LogP contribution in [0, 0.1) is 0 Å². The van der Waals surface area contributed by atoms with Crippen LogP contribution < -0.4 is 5.32 Å². The van der Waals surface area contributed by atoms with E-state index in [9.17, 15) is 9.90 Å². The summed E-state index contributed by atoms with van der Waals surface area (Å²) in [6, 6.07) is 24.2. The first kappa shape index (κ1) is 21.3. The van der Waals surface area contributed by atoms with Gasteiger partial charge >= 0.3 is 5.97 Å². The molecule has 4 rings (SSSR count). The number of esters is 1. The lowest BCUT2D eigenvalue weighted by molar-refractivity contribution is 0.0388. The van der Waals surface area contributed by atoms with Crippen LogP contribution in [0.3, 0.4) is 0 Å². The normalized spacial score (nSPS) is 11.8. The highest BCUT2D eigenvalue weighted by atomic mass is 16.6. The Morgan fingerprint density at radius 3 is 2.50 bits per heavy atom. The molecule has 0 aliphatic carbocycles. The van der Waals surface area contributed by atoms with E-state index in [1.54, 1.807) is 25.4 Å². The van der Waals surface area contributed by atoms with Crippen molar-refractivity contribution in [3.8, 4) is 5.75 Å². The Morgan fingerprint density at radius 1 is 0.969 bits per heavy atom. The first-order chi connectivity index (χ1) is 15.7. The minimum absolute atomic E-state index is 0.141. The molecule has 6 nitrogen and oxygen atoms in total. The van der Waals surface area contributed by atoms with Gasteiger partial charge in [-0.25, -0.2) is 4.79 Å². The molecule has 2 N–H and O–H groups in total. The molecule has 6 heteroatoms. The highest BCUT2D eigenvalue weighted by Crippen LogP contribution is 2.36. The third-order valence-electron chi connectivity index (χ3n) is 5.18. The minimum Gasteiger partial charge on any atom is -0.505 e. The summed E-state index contributed by atoms with van der Waals surface area (Å²) in [5.41, 5.74) is 3.52. The van der Waals surface area contributed by atoms with E-state index >= 15 is 0 Å². The first-order valence-electron chi connectivity index (χ1n) is 10.3. The van der Waals surface area contributed by atoms with Gasteiger partial charge in [0.2, 0.25) is 0 Å². The van der Waals surface area contributed by atoms with Crippen LogP contribution in [0.2, 0.25) is 0 Å². The minimum atomic E-state index is -0.397. The van der Waals surface area contributed by atoms with Crippen molar-refractivity contribution in [3.63, 3.8) is 0 Å². The number of hydrogen-bond donors (Lipinski definition) is 2. The Kier molecular flexibility index (Phi) is 6.63. The first-order valence-corrected chi connectivity index (χ1v) is 10.3. The van der Waals surface area contributed by atoms with Gasteiger partial charge in [0.1, 0.15) is 17.9 Å². The molecule has 0 aliphatic rings. The van der Waals surface area contributed by atoms with Crippen molar-refractivity contribution in [2.75, 3.05) is 25.6 Å². The number of fused-ring (bicyclic) bond motifs is 1. The third-order valence-corrected chi connectivity index (χ3v) is 5.18. The van der Waals surface area contributed by atoms with Crippen molar-refractivity contribution in [1.82, 2.24) is 4.98 Å². The van der Waals surface area contributed by atoms with Gasteiger partial charge in [-0.2, -0.15) is 0 Å². The molecule has 0 amide bonds.